The summed E-state index contributed by atoms with van der Waals surface area (Å²) in [4.78, 5) is 24.0. The van der Waals surface area contributed by atoms with Crippen LogP contribution in [0.25, 0.3) is 10.8 Å². The van der Waals surface area contributed by atoms with Crippen molar-refractivity contribution in [3.63, 3.8) is 0 Å². The molecule has 3 aromatic carbocycles. The van der Waals surface area contributed by atoms with E-state index in [1.165, 1.54) is 0 Å². The van der Waals surface area contributed by atoms with Crippen molar-refractivity contribution < 1.29 is 19.1 Å². The standard InChI is InChI=1S/C21H16Br2ClN3O4S/c22-13-6-8-16(15(24)9-13)30-10-18(28)25-21(32)27-26-19(29)11-31-17-7-5-12-3-1-2-4-14(12)20(17)23/h1-9H,10-11H2,(H,26,29)(H2,25,27,28,32). The first-order valence-corrected chi connectivity index (χ1v) is 11.5. The Hall–Kier alpha value is -2.40. The molecular formula is C21H16Br2ClN3O4S. The van der Waals surface area contributed by atoms with Gasteiger partial charge in [-0.2, -0.15) is 0 Å². The Balaban J connectivity index is 1.40. The third-order valence-corrected chi connectivity index (χ3v) is 5.82. The van der Waals surface area contributed by atoms with Crippen LogP contribution in [-0.2, 0) is 9.59 Å². The van der Waals surface area contributed by atoms with E-state index in [1.807, 2.05) is 30.3 Å². The monoisotopic (exact) mass is 599 g/mol. The lowest BCUT2D eigenvalue weighted by atomic mass is 10.1. The van der Waals surface area contributed by atoms with Gasteiger partial charge in [0, 0.05) is 4.47 Å². The lowest BCUT2D eigenvalue weighted by Gasteiger charge is -2.13. The Labute approximate surface area is 211 Å². The quantitative estimate of drug-likeness (QED) is 0.285. The number of nitrogens with one attached hydrogen (secondary N) is 3. The van der Waals surface area contributed by atoms with Crippen LogP contribution in [0.5, 0.6) is 11.5 Å². The van der Waals surface area contributed by atoms with E-state index in [1.54, 1.807) is 24.3 Å². The summed E-state index contributed by atoms with van der Waals surface area (Å²) in [5.74, 6) is -0.126. The first-order chi connectivity index (χ1) is 15.3. The van der Waals surface area contributed by atoms with Crippen LogP contribution < -0.4 is 25.6 Å². The molecule has 0 aliphatic carbocycles. The van der Waals surface area contributed by atoms with Gasteiger partial charge in [0.2, 0.25) is 0 Å². The van der Waals surface area contributed by atoms with Gasteiger partial charge in [0.1, 0.15) is 11.5 Å². The van der Waals surface area contributed by atoms with Crippen LogP contribution >= 0.6 is 55.7 Å². The molecule has 0 saturated carbocycles. The number of fused-ring (bicyclic) bond motifs is 1. The van der Waals surface area contributed by atoms with Crippen molar-refractivity contribution in [3.8, 4) is 11.5 Å². The van der Waals surface area contributed by atoms with Gasteiger partial charge in [0.05, 0.1) is 9.50 Å². The smallest absolute Gasteiger partial charge is 0.276 e. The van der Waals surface area contributed by atoms with Crippen molar-refractivity contribution in [2.24, 2.45) is 0 Å². The first-order valence-electron chi connectivity index (χ1n) is 9.10. The predicted octanol–water partition coefficient (Wildman–Crippen LogP) is 4.50. The van der Waals surface area contributed by atoms with Crippen LogP contribution in [-0.4, -0.2) is 30.1 Å². The van der Waals surface area contributed by atoms with E-state index in [-0.39, 0.29) is 18.3 Å². The number of hydrazine groups is 1. The molecule has 3 rings (SSSR count). The average Bonchev–Trinajstić information content (AvgIpc) is 2.77. The number of ether oxygens (including phenoxy) is 2. The fraction of sp³-hybridized carbons (Fsp3) is 0.0952. The van der Waals surface area contributed by atoms with Crippen molar-refractivity contribution in [2.75, 3.05) is 13.2 Å². The van der Waals surface area contributed by atoms with E-state index in [0.29, 0.717) is 16.5 Å². The van der Waals surface area contributed by atoms with E-state index in [2.05, 4.69) is 48.0 Å². The van der Waals surface area contributed by atoms with Crippen molar-refractivity contribution >= 4 is 83.4 Å². The highest BCUT2D eigenvalue weighted by atomic mass is 79.9. The Kier molecular flexibility index (Phi) is 8.68. The number of benzene rings is 3. The highest BCUT2D eigenvalue weighted by Crippen LogP contribution is 2.33. The first kappa shape index (κ1) is 24.2. The van der Waals surface area contributed by atoms with Gasteiger partial charge in [-0.3, -0.25) is 25.8 Å². The molecule has 0 saturated heterocycles. The molecule has 11 heteroatoms. The number of amides is 2. The van der Waals surface area contributed by atoms with Gasteiger partial charge in [-0.05, 0) is 63.2 Å². The summed E-state index contributed by atoms with van der Waals surface area (Å²) in [5, 5.41) is 4.66. The van der Waals surface area contributed by atoms with Gasteiger partial charge in [-0.25, -0.2) is 0 Å². The molecule has 0 spiro atoms. The lowest BCUT2D eigenvalue weighted by Crippen LogP contribution is -2.50. The van der Waals surface area contributed by atoms with Crippen molar-refractivity contribution in [1.82, 2.24) is 16.2 Å². The summed E-state index contributed by atoms with van der Waals surface area (Å²) in [5.41, 5.74) is 4.78. The Morgan fingerprint density at radius 3 is 2.38 bits per heavy atom. The molecule has 0 radical (unpaired) electrons. The number of halogens is 3. The number of hydrogen-bond acceptors (Lipinski definition) is 5. The molecular weight excluding hydrogens is 586 g/mol. The van der Waals surface area contributed by atoms with E-state index in [9.17, 15) is 9.59 Å². The topological polar surface area (TPSA) is 88.7 Å². The number of hydrogen-bond donors (Lipinski definition) is 3. The fourth-order valence-electron chi connectivity index (χ4n) is 2.56. The third kappa shape index (κ3) is 6.80. The van der Waals surface area contributed by atoms with Gasteiger partial charge in [-0.1, -0.05) is 57.9 Å². The Morgan fingerprint density at radius 2 is 1.59 bits per heavy atom. The molecule has 3 N–H and O–H groups in total. The molecule has 0 fully saturated rings. The maximum atomic E-state index is 12.0. The molecule has 0 atom stereocenters. The van der Waals surface area contributed by atoms with E-state index < -0.39 is 11.8 Å². The molecule has 0 unspecified atom stereocenters. The summed E-state index contributed by atoms with van der Waals surface area (Å²) in [6, 6.07) is 16.5. The zero-order valence-electron chi connectivity index (χ0n) is 16.3. The minimum absolute atomic E-state index is 0.0965. The average molecular weight is 602 g/mol. The second-order valence-electron chi connectivity index (χ2n) is 6.30. The maximum absolute atomic E-state index is 12.0. The largest absolute Gasteiger partial charge is 0.483 e. The third-order valence-electron chi connectivity index (χ3n) is 4.01. The number of thiocarbonyl (C=S) groups is 1. The molecule has 7 nitrogen and oxygen atoms in total. The fourth-order valence-corrected chi connectivity index (χ4v) is 4.06. The lowest BCUT2D eigenvalue weighted by molar-refractivity contribution is -0.124. The van der Waals surface area contributed by atoms with Crippen LogP contribution in [0.3, 0.4) is 0 Å². The van der Waals surface area contributed by atoms with E-state index in [4.69, 9.17) is 33.3 Å². The SMILES string of the molecule is O=C(COc1ccc2ccccc2c1Br)NNC(=S)NC(=O)COc1ccc(Br)cc1Cl. The van der Waals surface area contributed by atoms with Crippen LogP contribution in [0.1, 0.15) is 0 Å². The Bertz CT molecular complexity index is 1180. The molecule has 0 bridgehead atoms. The van der Waals surface area contributed by atoms with Crippen molar-refractivity contribution in [3.05, 3.63) is 68.6 Å². The second-order valence-corrected chi connectivity index (χ2v) is 8.83. The molecule has 0 aliphatic heterocycles. The summed E-state index contributed by atoms with van der Waals surface area (Å²) < 4.78 is 12.5. The highest BCUT2D eigenvalue weighted by Gasteiger charge is 2.11. The normalized spacial score (nSPS) is 10.3. The molecule has 166 valence electrons. The van der Waals surface area contributed by atoms with Crippen molar-refractivity contribution in [2.45, 2.75) is 0 Å². The zero-order chi connectivity index (χ0) is 23.1. The van der Waals surface area contributed by atoms with Crippen LogP contribution in [0.15, 0.2) is 63.5 Å². The Morgan fingerprint density at radius 1 is 0.906 bits per heavy atom. The molecule has 2 amide bonds. The van der Waals surface area contributed by atoms with Gasteiger partial charge in [0.25, 0.3) is 11.8 Å². The minimum atomic E-state index is -0.521. The van der Waals surface area contributed by atoms with Gasteiger partial charge < -0.3 is 9.47 Å². The highest BCUT2D eigenvalue weighted by molar-refractivity contribution is 9.11. The van der Waals surface area contributed by atoms with Crippen LogP contribution in [0, 0.1) is 0 Å². The molecule has 3 aromatic rings. The number of rotatable bonds is 6. The van der Waals surface area contributed by atoms with Gasteiger partial charge >= 0.3 is 0 Å². The molecule has 32 heavy (non-hydrogen) atoms. The van der Waals surface area contributed by atoms with Gasteiger partial charge in [-0.15, -0.1) is 0 Å². The van der Waals surface area contributed by atoms with Crippen LogP contribution in [0.2, 0.25) is 5.02 Å². The molecule has 0 heterocycles. The maximum Gasteiger partial charge on any atom is 0.276 e. The van der Waals surface area contributed by atoms with E-state index in [0.717, 1.165) is 19.7 Å². The zero-order valence-corrected chi connectivity index (χ0v) is 21.0. The van der Waals surface area contributed by atoms with Gasteiger partial charge in [0.15, 0.2) is 18.3 Å². The van der Waals surface area contributed by atoms with Crippen LogP contribution in [0.4, 0.5) is 0 Å². The minimum Gasteiger partial charge on any atom is -0.483 e. The van der Waals surface area contributed by atoms with Crippen molar-refractivity contribution in [1.29, 1.82) is 0 Å². The number of carbonyl (C=O) groups is 2. The molecule has 0 aromatic heterocycles. The summed E-state index contributed by atoms with van der Waals surface area (Å²) >= 11 is 17.8. The second kappa shape index (κ2) is 11.5. The van der Waals surface area contributed by atoms with E-state index >= 15 is 0 Å². The summed E-state index contributed by atoms with van der Waals surface area (Å²) in [6.45, 7) is -0.568. The molecule has 0 aliphatic rings. The summed E-state index contributed by atoms with van der Waals surface area (Å²) in [6.07, 6.45) is 0. The number of carbonyl (C=O) groups excluding carboxylic acids is 2. The predicted molar refractivity (Wildman–Crippen MR) is 134 cm³/mol. The summed E-state index contributed by atoms with van der Waals surface area (Å²) in [7, 11) is 0.